The van der Waals surface area contributed by atoms with Crippen molar-refractivity contribution in [3.8, 4) is 0 Å². The quantitative estimate of drug-likeness (QED) is 0.843. The number of carbonyl (C=O) groups is 1. The van der Waals surface area contributed by atoms with Gasteiger partial charge in [0.1, 0.15) is 5.54 Å². The SMILES string of the molecule is CC1CCCC(Nc2ccncc2)(C(=O)O)C1. The molecular weight excluding hydrogens is 216 g/mol. The van der Waals surface area contributed by atoms with Gasteiger partial charge in [-0.1, -0.05) is 19.8 Å². The molecule has 4 nitrogen and oxygen atoms in total. The second kappa shape index (κ2) is 4.73. The third-order valence-electron chi connectivity index (χ3n) is 3.47. The molecule has 0 amide bonds. The number of aliphatic carboxylic acids is 1. The number of carboxylic acid groups (broad SMARTS) is 1. The van der Waals surface area contributed by atoms with E-state index in [0.717, 1.165) is 18.5 Å². The lowest BCUT2D eigenvalue weighted by Crippen LogP contribution is -2.49. The molecule has 1 aliphatic carbocycles. The van der Waals surface area contributed by atoms with E-state index in [1.807, 2.05) is 12.1 Å². The molecule has 0 spiro atoms. The minimum Gasteiger partial charge on any atom is -0.480 e. The van der Waals surface area contributed by atoms with E-state index in [0.29, 0.717) is 18.8 Å². The average Bonchev–Trinajstić information content (AvgIpc) is 2.30. The van der Waals surface area contributed by atoms with Crippen LogP contribution in [-0.4, -0.2) is 21.6 Å². The number of anilines is 1. The van der Waals surface area contributed by atoms with Gasteiger partial charge in [0.05, 0.1) is 0 Å². The van der Waals surface area contributed by atoms with Crippen molar-refractivity contribution in [2.45, 2.75) is 38.1 Å². The molecule has 0 aliphatic heterocycles. The summed E-state index contributed by atoms with van der Waals surface area (Å²) in [6.07, 6.45) is 6.80. The number of nitrogens with one attached hydrogen (secondary N) is 1. The van der Waals surface area contributed by atoms with Crippen molar-refractivity contribution in [3.63, 3.8) is 0 Å². The zero-order valence-corrected chi connectivity index (χ0v) is 10.0. The van der Waals surface area contributed by atoms with Crippen LogP contribution in [0.3, 0.4) is 0 Å². The van der Waals surface area contributed by atoms with Gasteiger partial charge in [-0.05, 0) is 30.9 Å². The summed E-state index contributed by atoms with van der Waals surface area (Å²) in [5.41, 5.74) is 0.0236. The van der Waals surface area contributed by atoms with E-state index < -0.39 is 11.5 Å². The van der Waals surface area contributed by atoms with Gasteiger partial charge in [0.25, 0.3) is 0 Å². The molecule has 1 fully saturated rings. The first-order valence-corrected chi connectivity index (χ1v) is 6.04. The Morgan fingerprint density at radius 3 is 2.82 bits per heavy atom. The van der Waals surface area contributed by atoms with Crippen molar-refractivity contribution in [2.75, 3.05) is 5.32 Å². The minimum absolute atomic E-state index is 0.453. The Bertz CT molecular complexity index is 394. The third kappa shape index (κ3) is 2.57. The van der Waals surface area contributed by atoms with Crippen LogP contribution in [0, 0.1) is 5.92 Å². The standard InChI is InChI=1S/C13H18N2O2/c1-10-3-2-6-13(9-10,12(16)17)15-11-4-7-14-8-5-11/h4-5,7-8,10H,2-3,6,9H2,1H3,(H,14,15)(H,16,17). The molecule has 2 rings (SSSR count). The summed E-state index contributed by atoms with van der Waals surface area (Å²) in [6.45, 7) is 2.12. The Morgan fingerprint density at radius 2 is 2.24 bits per heavy atom. The first-order valence-electron chi connectivity index (χ1n) is 6.04. The Morgan fingerprint density at radius 1 is 1.53 bits per heavy atom. The maximum absolute atomic E-state index is 11.5. The smallest absolute Gasteiger partial charge is 0.329 e. The average molecular weight is 234 g/mol. The van der Waals surface area contributed by atoms with Crippen LogP contribution in [0.15, 0.2) is 24.5 Å². The Labute approximate surface area is 101 Å². The molecule has 4 heteroatoms. The number of hydrogen-bond acceptors (Lipinski definition) is 3. The highest BCUT2D eigenvalue weighted by atomic mass is 16.4. The predicted octanol–water partition coefficient (Wildman–Crippen LogP) is 2.53. The van der Waals surface area contributed by atoms with Crippen LogP contribution in [0.5, 0.6) is 0 Å². The molecular formula is C13H18N2O2. The van der Waals surface area contributed by atoms with Gasteiger partial charge >= 0.3 is 5.97 Å². The highest BCUT2D eigenvalue weighted by molar-refractivity contribution is 5.83. The van der Waals surface area contributed by atoms with E-state index >= 15 is 0 Å². The van der Waals surface area contributed by atoms with Crippen molar-refractivity contribution in [2.24, 2.45) is 5.92 Å². The Kier molecular flexibility index (Phi) is 3.31. The molecule has 2 unspecified atom stereocenters. The molecule has 1 heterocycles. The summed E-state index contributed by atoms with van der Waals surface area (Å²) >= 11 is 0. The monoisotopic (exact) mass is 234 g/mol. The Hall–Kier alpha value is -1.58. The normalized spacial score (nSPS) is 28.6. The van der Waals surface area contributed by atoms with Crippen LogP contribution in [0.1, 0.15) is 32.6 Å². The van der Waals surface area contributed by atoms with E-state index in [1.165, 1.54) is 0 Å². The number of rotatable bonds is 3. The molecule has 2 N–H and O–H groups in total. The molecule has 0 saturated heterocycles. The molecule has 92 valence electrons. The van der Waals surface area contributed by atoms with Gasteiger partial charge in [0.2, 0.25) is 0 Å². The van der Waals surface area contributed by atoms with Crippen LogP contribution in [-0.2, 0) is 4.79 Å². The summed E-state index contributed by atoms with van der Waals surface area (Å²) in [4.78, 5) is 15.5. The van der Waals surface area contributed by atoms with Crippen LogP contribution >= 0.6 is 0 Å². The summed E-state index contributed by atoms with van der Waals surface area (Å²) in [5, 5.41) is 12.7. The van der Waals surface area contributed by atoms with Gasteiger partial charge in [0.15, 0.2) is 0 Å². The number of hydrogen-bond donors (Lipinski definition) is 2. The van der Waals surface area contributed by atoms with Crippen molar-refractivity contribution >= 4 is 11.7 Å². The van der Waals surface area contributed by atoms with Gasteiger partial charge in [-0.3, -0.25) is 4.98 Å². The highest BCUT2D eigenvalue weighted by Crippen LogP contribution is 2.35. The van der Waals surface area contributed by atoms with Gasteiger partial charge in [-0.25, -0.2) is 4.79 Å². The number of carboxylic acids is 1. The first kappa shape index (κ1) is 11.9. The maximum Gasteiger partial charge on any atom is 0.329 e. The van der Waals surface area contributed by atoms with Gasteiger partial charge in [0, 0.05) is 18.1 Å². The predicted molar refractivity (Wildman–Crippen MR) is 65.9 cm³/mol. The fraction of sp³-hybridized carbons (Fsp3) is 0.538. The van der Waals surface area contributed by atoms with Gasteiger partial charge in [-0.15, -0.1) is 0 Å². The highest BCUT2D eigenvalue weighted by Gasteiger charge is 2.41. The Balaban J connectivity index is 2.20. The van der Waals surface area contributed by atoms with E-state index in [4.69, 9.17) is 0 Å². The van der Waals surface area contributed by atoms with E-state index in [2.05, 4.69) is 17.2 Å². The minimum atomic E-state index is -0.807. The number of pyridine rings is 1. The topological polar surface area (TPSA) is 62.2 Å². The zero-order chi connectivity index (χ0) is 12.3. The van der Waals surface area contributed by atoms with Gasteiger partial charge in [-0.2, -0.15) is 0 Å². The van der Waals surface area contributed by atoms with Crippen molar-refractivity contribution < 1.29 is 9.90 Å². The number of nitrogens with zero attached hydrogens (tertiary/aromatic N) is 1. The second-order valence-electron chi connectivity index (χ2n) is 4.95. The zero-order valence-electron chi connectivity index (χ0n) is 10.0. The van der Waals surface area contributed by atoms with Crippen LogP contribution < -0.4 is 5.32 Å². The summed E-state index contributed by atoms with van der Waals surface area (Å²) in [5.74, 6) is -0.296. The maximum atomic E-state index is 11.5. The van der Waals surface area contributed by atoms with Crippen molar-refractivity contribution in [3.05, 3.63) is 24.5 Å². The fourth-order valence-corrected chi connectivity index (χ4v) is 2.62. The molecule has 0 aromatic carbocycles. The van der Waals surface area contributed by atoms with E-state index in [-0.39, 0.29) is 0 Å². The third-order valence-corrected chi connectivity index (χ3v) is 3.47. The molecule has 0 bridgehead atoms. The lowest BCUT2D eigenvalue weighted by Gasteiger charge is -2.37. The van der Waals surface area contributed by atoms with Crippen LogP contribution in [0.4, 0.5) is 5.69 Å². The molecule has 0 radical (unpaired) electrons. The molecule has 2 atom stereocenters. The van der Waals surface area contributed by atoms with Crippen LogP contribution in [0.2, 0.25) is 0 Å². The lowest BCUT2D eigenvalue weighted by atomic mass is 9.76. The molecule has 1 saturated carbocycles. The molecule has 17 heavy (non-hydrogen) atoms. The van der Waals surface area contributed by atoms with Gasteiger partial charge < -0.3 is 10.4 Å². The van der Waals surface area contributed by atoms with Crippen LogP contribution in [0.25, 0.3) is 0 Å². The molecule has 1 aromatic rings. The summed E-state index contributed by atoms with van der Waals surface area (Å²) in [7, 11) is 0. The first-order chi connectivity index (χ1) is 8.12. The van der Waals surface area contributed by atoms with E-state index in [9.17, 15) is 9.90 Å². The second-order valence-corrected chi connectivity index (χ2v) is 4.95. The fourth-order valence-electron chi connectivity index (χ4n) is 2.62. The summed E-state index contributed by atoms with van der Waals surface area (Å²) in [6, 6.07) is 3.62. The van der Waals surface area contributed by atoms with E-state index in [1.54, 1.807) is 12.4 Å². The van der Waals surface area contributed by atoms with Crippen molar-refractivity contribution in [1.82, 2.24) is 4.98 Å². The largest absolute Gasteiger partial charge is 0.480 e. The summed E-state index contributed by atoms with van der Waals surface area (Å²) < 4.78 is 0. The number of aromatic nitrogens is 1. The molecule has 1 aliphatic rings. The lowest BCUT2D eigenvalue weighted by molar-refractivity contribution is -0.144. The molecule has 1 aromatic heterocycles. The van der Waals surface area contributed by atoms with Crippen molar-refractivity contribution in [1.29, 1.82) is 0 Å².